The van der Waals surface area contributed by atoms with E-state index in [4.69, 9.17) is 4.74 Å². The SMILES string of the molecule is CCCCCCCC/C=C/O/C(C)=C\C(C)=O. The van der Waals surface area contributed by atoms with Crippen LogP contribution in [0, 0.1) is 0 Å². The molecule has 0 aliphatic carbocycles. The van der Waals surface area contributed by atoms with Crippen LogP contribution >= 0.6 is 0 Å². The van der Waals surface area contributed by atoms with Crippen LogP contribution in [0.3, 0.4) is 0 Å². The molecule has 0 N–H and O–H groups in total. The van der Waals surface area contributed by atoms with Gasteiger partial charge in [-0.05, 0) is 32.8 Å². The Hall–Kier alpha value is -1.05. The van der Waals surface area contributed by atoms with Gasteiger partial charge in [-0.1, -0.05) is 39.0 Å². The third-order valence-corrected chi connectivity index (χ3v) is 2.48. The van der Waals surface area contributed by atoms with Crippen LogP contribution in [0.2, 0.25) is 0 Å². The second kappa shape index (κ2) is 11.4. The van der Waals surface area contributed by atoms with Gasteiger partial charge in [0.1, 0.15) is 5.76 Å². The second-order valence-electron chi connectivity index (χ2n) is 4.41. The fourth-order valence-electron chi connectivity index (χ4n) is 1.59. The highest BCUT2D eigenvalue weighted by atomic mass is 16.5. The summed E-state index contributed by atoms with van der Waals surface area (Å²) in [5.74, 6) is 0.670. The number of rotatable bonds is 10. The van der Waals surface area contributed by atoms with Gasteiger partial charge in [0.05, 0.1) is 6.26 Å². The number of allylic oxidation sites excluding steroid dienone is 3. The number of carbonyl (C=O) groups excluding carboxylic acids is 1. The number of ether oxygens (including phenoxy) is 1. The molecule has 0 saturated carbocycles. The van der Waals surface area contributed by atoms with Gasteiger partial charge in [-0.2, -0.15) is 0 Å². The van der Waals surface area contributed by atoms with E-state index in [1.54, 1.807) is 13.2 Å². The first-order chi connectivity index (χ1) is 8.16. The Balaban J connectivity index is 3.40. The Labute approximate surface area is 106 Å². The minimum absolute atomic E-state index is 0.0202. The van der Waals surface area contributed by atoms with Crippen LogP contribution in [0.1, 0.15) is 65.7 Å². The van der Waals surface area contributed by atoms with Crippen LogP contribution in [-0.2, 0) is 9.53 Å². The van der Waals surface area contributed by atoms with Crippen molar-refractivity contribution in [3.05, 3.63) is 24.2 Å². The fourth-order valence-corrected chi connectivity index (χ4v) is 1.59. The van der Waals surface area contributed by atoms with Gasteiger partial charge in [-0.15, -0.1) is 0 Å². The normalized spacial score (nSPS) is 12.1. The van der Waals surface area contributed by atoms with E-state index in [2.05, 4.69) is 6.92 Å². The Morgan fingerprint density at radius 2 is 1.71 bits per heavy atom. The van der Waals surface area contributed by atoms with Gasteiger partial charge in [0.2, 0.25) is 0 Å². The molecule has 98 valence electrons. The molecule has 0 unspecified atom stereocenters. The molecule has 0 aromatic heterocycles. The number of ketones is 1. The topological polar surface area (TPSA) is 26.3 Å². The lowest BCUT2D eigenvalue weighted by Crippen LogP contribution is -1.86. The Morgan fingerprint density at radius 1 is 1.06 bits per heavy atom. The molecule has 0 saturated heterocycles. The van der Waals surface area contributed by atoms with Crippen molar-refractivity contribution < 1.29 is 9.53 Å². The predicted molar refractivity (Wildman–Crippen MR) is 72.7 cm³/mol. The van der Waals surface area contributed by atoms with E-state index < -0.39 is 0 Å². The van der Waals surface area contributed by atoms with Gasteiger partial charge in [0.25, 0.3) is 0 Å². The van der Waals surface area contributed by atoms with Crippen molar-refractivity contribution in [3.63, 3.8) is 0 Å². The standard InChI is InChI=1S/C15H26O2/c1-4-5-6-7-8-9-10-11-12-17-15(3)13-14(2)16/h11-13H,4-10H2,1-3H3/b12-11+,15-13-. The summed E-state index contributed by atoms with van der Waals surface area (Å²) in [5, 5.41) is 0. The van der Waals surface area contributed by atoms with Crippen molar-refractivity contribution in [2.24, 2.45) is 0 Å². The maximum Gasteiger partial charge on any atom is 0.155 e. The van der Waals surface area contributed by atoms with E-state index in [-0.39, 0.29) is 5.78 Å². The van der Waals surface area contributed by atoms with Crippen LogP contribution < -0.4 is 0 Å². The first kappa shape index (κ1) is 16.0. The zero-order valence-corrected chi connectivity index (χ0v) is 11.5. The van der Waals surface area contributed by atoms with Crippen molar-refractivity contribution in [2.75, 3.05) is 0 Å². The van der Waals surface area contributed by atoms with Crippen molar-refractivity contribution in [1.29, 1.82) is 0 Å². The lowest BCUT2D eigenvalue weighted by Gasteiger charge is -1.99. The van der Waals surface area contributed by atoms with Crippen LogP contribution in [0.15, 0.2) is 24.2 Å². The average molecular weight is 238 g/mol. The zero-order chi connectivity index (χ0) is 12.9. The van der Waals surface area contributed by atoms with E-state index in [0.29, 0.717) is 5.76 Å². The highest BCUT2D eigenvalue weighted by molar-refractivity contribution is 5.87. The Morgan fingerprint density at radius 3 is 2.35 bits per heavy atom. The molecule has 2 nitrogen and oxygen atoms in total. The van der Waals surface area contributed by atoms with E-state index in [9.17, 15) is 4.79 Å². The molecule has 0 atom stereocenters. The molecule has 0 radical (unpaired) electrons. The van der Waals surface area contributed by atoms with Gasteiger partial charge < -0.3 is 4.74 Å². The summed E-state index contributed by atoms with van der Waals surface area (Å²) in [7, 11) is 0. The van der Waals surface area contributed by atoms with Crippen LogP contribution in [0.4, 0.5) is 0 Å². The first-order valence-corrected chi connectivity index (χ1v) is 6.67. The molecule has 0 amide bonds. The minimum Gasteiger partial charge on any atom is -0.470 e. The number of hydrogen-bond acceptors (Lipinski definition) is 2. The summed E-state index contributed by atoms with van der Waals surface area (Å²) in [6, 6.07) is 0. The van der Waals surface area contributed by atoms with Crippen molar-refractivity contribution in [2.45, 2.75) is 65.7 Å². The van der Waals surface area contributed by atoms with Gasteiger partial charge in [0.15, 0.2) is 5.78 Å². The summed E-state index contributed by atoms with van der Waals surface area (Å²) in [5.41, 5.74) is 0. The fraction of sp³-hybridized carbons (Fsp3) is 0.667. The van der Waals surface area contributed by atoms with E-state index in [1.807, 2.05) is 6.08 Å². The van der Waals surface area contributed by atoms with Gasteiger partial charge >= 0.3 is 0 Å². The zero-order valence-electron chi connectivity index (χ0n) is 11.5. The molecule has 0 aliphatic heterocycles. The van der Waals surface area contributed by atoms with Crippen molar-refractivity contribution in [1.82, 2.24) is 0 Å². The average Bonchev–Trinajstić information content (AvgIpc) is 2.26. The Kier molecular flexibility index (Phi) is 10.7. The van der Waals surface area contributed by atoms with E-state index >= 15 is 0 Å². The molecule has 0 aromatic carbocycles. The van der Waals surface area contributed by atoms with E-state index in [1.165, 1.54) is 51.5 Å². The molecule has 0 fully saturated rings. The maximum absolute atomic E-state index is 10.7. The summed E-state index contributed by atoms with van der Waals surface area (Å²) < 4.78 is 5.26. The third kappa shape index (κ3) is 12.9. The number of hydrogen-bond donors (Lipinski definition) is 0. The van der Waals surface area contributed by atoms with Crippen LogP contribution in [-0.4, -0.2) is 5.78 Å². The lowest BCUT2D eigenvalue weighted by molar-refractivity contribution is -0.112. The maximum atomic E-state index is 10.7. The van der Waals surface area contributed by atoms with Gasteiger partial charge in [-0.3, -0.25) is 4.79 Å². The highest BCUT2D eigenvalue weighted by Gasteiger charge is 1.90. The molecule has 0 heterocycles. The summed E-state index contributed by atoms with van der Waals surface area (Å²) in [6.07, 6.45) is 14.1. The largest absolute Gasteiger partial charge is 0.470 e. The third-order valence-electron chi connectivity index (χ3n) is 2.48. The minimum atomic E-state index is 0.0202. The molecule has 0 rings (SSSR count). The quantitative estimate of drug-likeness (QED) is 0.311. The monoisotopic (exact) mass is 238 g/mol. The number of carbonyl (C=O) groups is 1. The van der Waals surface area contributed by atoms with Gasteiger partial charge in [-0.25, -0.2) is 0 Å². The Bertz CT molecular complexity index is 252. The molecule has 0 aromatic rings. The molecule has 0 bridgehead atoms. The molecule has 0 spiro atoms. The van der Waals surface area contributed by atoms with Crippen molar-refractivity contribution >= 4 is 5.78 Å². The summed E-state index contributed by atoms with van der Waals surface area (Å²) in [4.78, 5) is 10.7. The molecular formula is C15H26O2. The smallest absolute Gasteiger partial charge is 0.155 e. The van der Waals surface area contributed by atoms with E-state index in [0.717, 1.165) is 6.42 Å². The lowest BCUT2D eigenvalue weighted by atomic mass is 10.1. The predicted octanol–water partition coefficient (Wildman–Crippen LogP) is 4.76. The second-order valence-corrected chi connectivity index (χ2v) is 4.41. The van der Waals surface area contributed by atoms with Crippen LogP contribution in [0.5, 0.6) is 0 Å². The summed E-state index contributed by atoms with van der Waals surface area (Å²) in [6.45, 7) is 5.54. The van der Waals surface area contributed by atoms with Crippen LogP contribution in [0.25, 0.3) is 0 Å². The highest BCUT2D eigenvalue weighted by Crippen LogP contribution is 2.07. The molecule has 17 heavy (non-hydrogen) atoms. The summed E-state index contributed by atoms with van der Waals surface area (Å²) >= 11 is 0. The first-order valence-electron chi connectivity index (χ1n) is 6.67. The van der Waals surface area contributed by atoms with Gasteiger partial charge in [0, 0.05) is 6.08 Å². The molecule has 0 aliphatic rings. The van der Waals surface area contributed by atoms with Crippen molar-refractivity contribution in [3.8, 4) is 0 Å². The molecule has 2 heteroatoms. The number of unbranched alkanes of at least 4 members (excludes halogenated alkanes) is 6. The molecular weight excluding hydrogens is 212 g/mol.